The van der Waals surface area contributed by atoms with E-state index in [1.807, 2.05) is 0 Å². The highest BCUT2D eigenvalue weighted by Crippen LogP contribution is 2.28. The van der Waals surface area contributed by atoms with Crippen molar-refractivity contribution in [2.24, 2.45) is 0 Å². The van der Waals surface area contributed by atoms with Gasteiger partial charge in [-0.25, -0.2) is 0 Å². The van der Waals surface area contributed by atoms with E-state index in [0.29, 0.717) is 18.8 Å². The Morgan fingerprint density at radius 1 is 0.963 bits per heavy atom. The highest BCUT2D eigenvalue weighted by Gasteiger charge is 2.50. The first-order chi connectivity index (χ1) is 12.0. The lowest BCUT2D eigenvalue weighted by Gasteiger charge is -2.43. The molecule has 1 heterocycles. The van der Waals surface area contributed by atoms with Crippen molar-refractivity contribution in [3.05, 3.63) is 0 Å². The fourth-order valence-corrected chi connectivity index (χ4v) is 3.92. The summed E-state index contributed by atoms with van der Waals surface area (Å²) in [5.41, 5.74) is 0. The van der Waals surface area contributed by atoms with Crippen molar-refractivity contribution in [2.45, 2.75) is 37.6 Å². The van der Waals surface area contributed by atoms with E-state index >= 15 is 0 Å². The van der Waals surface area contributed by atoms with Gasteiger partial charge in [-0.15, -0.1) is 0 Å². The van der Waals surface area contributed by atoms with E-state index in [2.05, 4.69) is 9.50 Å². The molecule has 0 aromatic rings. The van der Waals surface area contributed by atoms with Gasteiger partial charge in [0, 0.05) is 6.92 Å². The minimum absolute atomic E-state index is 0.650. The monoisotopic (exact) mass is 455 g/mol. The molecule has 0 aliphatic carbocycles. The van der Waals surface area contributed by atoms with Crippen LogP contribution in [0, 0.1) is 0 Å². The van der Waals surface area contributed by atoms with E-state index in [1.165, 1.54) is 0 Å². The molecule has 1 saturated heterocycles. The van der Waals surface area contributed by atoms with Crippen LogP contribution in [-0.4, -0.2) is 92.3 Å². The Balaban J connectivity index is 3.34. The number of carbonyl (C=O) groups excluding carboxylic acids is 1. The van der Waals surface area contributed by atoms with E-state index < -0.39 is 73.5 Å². The zero-order valence-electron chi connectivity index (χ0n) is 14.8. The number of ether oxygens (including phenoxy) is 1. The summed E-state index contributed by atoms with van der Waals surface area (Å²) in [6.45, 7) is 0.238. The van der Waals surface area contributed by atoms with Gasteiger partial charge in [-0.2, -0.15) is 25.3 Å². The number of carbonyl (C=O) groups is 1. The minimum atomic E-state index is -4.22. The van der Waals surface area contributed by atoms with E-state index in [-0.39, 0.29) is 0 Å². The van der Waals surface area contributed by atoms with Crippen LogP contribution in [-0.2, 0) is 52.4 Å². The van der Waals surface area contributed by atoms with Crippen LogP contribution in [0.2, 0.25) is 0 Å². The molecule has 0 spiro atoms. The molecule has 160 valence electrons. The number of aliphatic hydroxyl groups excluding tert-OH is 1. The summed E-state index contributed by atoms with van der Waals surface area (Å²) >= 11 is 0. The summed E-state index contributed by atoms with van der Waals surface area (Å²) in [5.74, 6) is -0.714. The molecule has 1 aliphatic rings. The van der Waals surface area contributed by atoms with E-state index in [0.717, 1.165) is 6.92 Å². The van der Waals surface area contributed by atoms with Gasteiger partial charge >= 0.3 is 0 Å². The van der Waals surface area contributed by atoms with Crippen LogP contribution < -0.4 is 5.32 Å². The van der Waals surface area contributed by atoms with Crippen LogP contribution in [0.5, 0.6) is 0 Å². The van der Waals surface area contributed by atoms with Crippen LogP contribution in [0.3, 0.4) is 0 Å². The number of hydrogen-bond acceptors (Lipinski definition) is 12. The zero-order chi connectivity index (χ0) is 21.2. The van der Waals surface area contributed by atoms with E-state index in [1.54, 1.807) is 0 Å². The molecule has 13 nitrogen and oxygen atoms in total. The molecule has 0 unspecified atom stereocenters. The Bertz CT molecular complexity index is 849. The molecule has 1 amide bonds. The molecule has 0 aromatic heterocycles. The molecule has 2 N–H and O–H groups in total. The second-order valence-corrected chi connectivity index (χ2v) is 10.7. The van der Waals surface area contributed by atoms with Gasteiger partial charge < -0.3 is 15.2 Å². The fourth-order valence-electron chi connectivity index (χ4n) is 2.27. The smallest absolute Gasteiger partial charge is 0.264 e. The number of hydrogen-bond donors (Lipinski definition) is 2. The largest absolute Gasteiger partial charge is 0.366 e. The first-order valence-electron chi connectivity index (χ1n) is 7.20. The molecule has 1 rings (SSSR count). The van der Waals surface area contributed by atoms with Gasteiger partial charge in [0.2, 0.25) is 5.91 Å². The van der Waals surface area contributed by atoms with Crippen LogP contribution in [0.1, 0.15) is 6.92 Å². The molecule has 16 heteroatoms. The van der Waals surface area contributed by atoms with Crippen LogP contribution >= 0.6 is 0 Å². The third-order valence-electron chi connectivity index (χ3n) is 3.05. The summed E-state index contributed by atoms with van der Waals surface area (Å²) < 4.78 is 87.9. The number of rotatable bonds is 8. The van der Waals surface area contributed by atoms with Gasteiger partial charge in [-0.1, -0.05) is 0 Å². The topological polar surface area (TPSA) is 189 Å². The quantitative estimate of drug-likeness (QED) is 0.351. The van der Waals surface area contributed by atoms with Gasteiger partial charge in [0.25, 0.3) is 30.4 Å². The molecule has 0 aromatic carbocycles. The average Bonchev–Trinajstić information content (AvgIpc) is 2.40. The lowest BCUT2D eigenvalue weighted by atomic mass is 9.97. The molecule has 1 fully saturated rings. The molecule has 1 aliphatic heterocycles. The fraction of sp³-hybridized carbons (Fsp3) is 0.909. The maximum atomic E-state index is 11.6. The van der Waals surface area contributed by atoms with Crippen LogP contribution in [0.4, 0.5) is 0 Å². The second kappa shape index (κ2) is 8.64. The number of amides is 1. The molecule has 0 bridgehead atoms. The normalized spacial score (nSPS) is 30.0. The zero-order valence-corrected chi connectivity index (χ0v) is 17.2. The molecular weight excluding hydrogens is 434 g/mol. The Kier molecular flexibility index (Phi) is 7.73. The van der Waals surface area contributed by atoms with Crippen LogP contribution in [0.15, 0.2) is 0 Å². The Morgan fingerprint density at radius 3 is 1.85 bits per heavy atom. The summed E-state index contributed by atoms with van der Waals surface area (Å²) in [4.78, 5) is 11.4. The van der Waals surface area contributed by atoms with E-state index in [4.69, 9.17) is 13.1 Å². The van der Waals surface area contributed by atoms with Gasteiger partial charge in [0.15, 0.2) is 6.29 Å². The molecule has 0 radical (unpaired) electrons. The Labute approximate surface area is 157 Å². The van der Waals surface area contributed by atoms with Crippen LogP contribution in [0.25, 0.3) is 0 Å². The van der Waals surface area contributed by atoms with Crippen molar-refractivity contribution in [3.8, 4) is 0 Å². The lowest BCUT2D eigenvalue weighted by molar-refractivity contribution is -0.241. The third-order valence-corrected chi connectivity index (χ3v) is 4.76. The average molecular weight is 455 g/mol. The molecule has 0 saturated carbocycles. The highest BCUT2D eigenvalue weighted by molar-refractivity contribution is 7.86. The minimum Gasteiger partial charge on any atom is -0.366 e. The maximum Gasteiger partial charge on any atom is 0.264 e. The van der Waals surface area contributed by atoms with Crippen molar-refractivity contribution >= 4 is 36.3 Å². The van der Waals surface area contributed by atoms with Crippen molar-refractivity contribution in [1.82, 2.24) is 5.32 Å². The molecular formula is C11H21NO12S3. The lowest BCUT2D eigenvalue weighted by Crippen LogP contribution is -2.66. The Morgan fingerprint density at radius 2 is 1.44 bits per heavy atom. The summed E-state index contributed by atoms with van der Waals surface area (Å²) in [6, 6.07) is -1.54. The predicted octanol–water partition coefficient (Wildman–Crippen LogP) is -3.13. The second-order valence-electron chi connectivity index (χ2n) is 5.81. The maximum absolute atomic E-state index is 11.6. The predicted molar refractivity (Wildman–Crippen MR) is 88.7 cm³/mol. The van der Waals surface area contributed by atoms with Crippen molar-refractivity contribution in [3.63, 3.8) is 0 Å². The van der Waals surface area contributed by atoms with Crippen molar-refractivity contribution in [2.75, 3.05) is 25.4 Å². The first kappa shape index (κ1) is 24.2. The van der Waals surface area contributed by atoms with Crippen molar-refractivity contribution < 1.29 is 52.4 Å². The van der Waals surface area contributed by atoms with Crippen molar-refractivity contribution in [1.29, 1.82) is 0 Å². The standard InChI is InChI=1S/C11H21NO12S3/c1-6(13)12-8-10(24-27(4,19)20)9(23-26(3,17)18)7(22-11(8)14)5-21-25(2,15)16/h7-11,14H,5H2,1-4H3,(H,12,13)/t7-,8+,9-,10-,11+/m1/s1. The number of aliphatic hydroxyl groups is 1. The van der Waals surface area contributed by atoms with Gasteiger partial charge in [-0.05, 0) is 0 Å². The third kappa shape index (κ3) is 8.77. The first-order valence-corrected chi connectivity index (χ1v) is 12.6. The van der Waals surface area contributed by atoms with Gasteiger partial charge in [0.1, 0.15) is 24.4 Å². The summed E-state index contributed by atoms with van der Waals surface area (Å²) in [5, 5.41) is 12.3. The highest BCUT2D eigenvalue weighted by atomic mass is 32.2. The summed E-state index contributed by atoms with van der Waals surface area (Å²) in [7, 11) is -12.4. The molecule has 5 atom stereocenters. The molecule has 27 heavy (non-hydrogen) atoms. The SMILES string of the molecule is CC(=O)N[C@H]1[C@@H](OS(C)(=O)=O)[C@H](OS(C)(=O)=O)[C@@H](COS(C)(=O)=O)O[C@@H]1O. The van der Waals surface area contributed by atoms with Gasteiger partial charge in [0.05, 0.1) is 25.4 Å². The number of nitrogens with one attached hydrogen (secondary N) is 1. The van der Waals surface area contributed by atoms with E-state index in [9.17, 15) is 35.2 Å². The summed E-state index contributed by atoms with van der Waals surface area (Å²) in [6.07, 6.45) is -4.97. The Hall–Kier alpha value is -0.880. The van der Waals surface area contributed by atoms with Gasteiger partial charge in [-0.3, -0.25) is 17.3 Å².